The second kappa shape index (κ2) is 10.9. The normalized spacial score (nSPS) is 21.9. The summed E-state index contributed by atoms with van der Waals surface area (Å²) in [5.41, 5.74) is 1.28. The second-order valence-electron chi connectivity index (χ2n) is 9.06. The minimum atomic E-state index is -4.83. The van der Waals surface area contributed by atoms with Crippen LogP contribution in [0.3, 0.4) is 0 Å². The molecule has 5 nitrogen and oxygen atoms in total. The molecule has 2 atom stereocenters. The van der Waals surface area contributed by atoms with Gasteiger partial charge in [0.15, 0.2) is 5.75 Å². The molecule has 4 rings (SSSR count). The van der Waals surface area contributed by atoms with Crippen molar-refractivity contribution < 1.29 is 22.7 Å². The number of benzene rings is 2. The van der Waals surface area contributed by atoms with Crippen LogP contribution in [0.4, 0.5) is 23.7 Å². The highest BCUT2D eigenvalue weighted by atomic mass is 35.5. The van der Waals surface area contributed by atoms with Gasteiger partial charge in [0.1, 0.15) is 0 Å². The zero-order chi connectivity index (χ0) is 24.1. The summed E-state index contributed by atoms with van der Waals surface area (Å²) in [5, 5.41) is 6.25. The van der Waals surface area contributed by atoms with Crippen LogP contribution in [0, 0.1) is 5.92 Å². The molecule has 0 unspecified atom stereocenters. The maximum atomic E-state index is 12.6. The predicted octanol–water partition coefficient (Wildman–Crippen LogP) is 6.24. The molecule has 0 aromatic heterocycles. The summed E-state index contributed by atoms with van der Waals surface area (Å²) < 4.78 is 42.0. The average Bonchev–Trinajstić information content (AvgIpc) is 3.24. The summed E-state index contributed by atoms with van der Waals surface area (Å²) in [6, 6.07) is 13.2. The molecule has 9 heteroatoms. The fourth-order valence-corrected chi connectivity index (χ4v) is 5.22. The van der Waals surface area contributed by atoms with Crippen LogP contribution < -0.4 is 15.4 Å². The summed E-state index contributed by atoms with van der Waals surface area (Å²) in [5.74, 6) is 0.189. The van der Waals surface area contributed by atoms with Crippen molar-refractivity contribution in [1.29, 1.82) is 0 Å². The molecular weight excluding hydrogens is 467 g/mol. The van der Waals surface area contributed by atoms with Gasteiger partial charge in [0.25, 0.3) is 0 Å². The number of nitrogens with zero attached hydrogens (tertiary/aromatic N) is 1. The third-order valence-corrected chi connectivity index (χ3v) is 6.96. The van der Waals surface area contributed by atoms with E-state index in [1.807, 2.05) is 12.1 Å². The van der Waals surface area contributed by atoms with E-state index in [2.05, 4.69) is 32.4 Å². The largest absolute Gasteiger partial charge is 0.573 e. The van der Waals surface area contributed by atoms with E-state index in [4.69, 9.17) is 11.6 Å². The van der Waals surface area contributed by atoms with Crippen LogP contribution in [-0.4, -0.2) is 42.5 Å². The Morgan fingerprint density at radius 1 is 1.03 bits per heavy atom. The number of carbonyl (C=O) groups is 1. The fraction of sp³-hybridized carbons (Fsp3) is 0.480. The maximum absolute atomic E-state index is 12.6. The average molecular weight is 496 g/mol. The van der Waals surface area contributed by atoms with E-state index in [1.54, 1.807) is 6.07 Å². The first-order chi connectivity index (χ1) is 16.3. The molecule has 2 aromatic carbocycles. The van der Waals surface area contributed by atoms with Crippen LogP contribution in [0.15, 0.2) is 48.5 Å². The minimum absolute atomic E-state index is 0.0186. The van der Waals surface area contributed by atoms with Gasteiger partial charge in [-0.05, 0) is 87.4 Å². The molecule has 2 amide bonds. The van der Waals surface area contributed by atoms with Crippen molar-refractivity contribution >= 4 is 23.3 Å². The van der Waals surface area contributed by atoms with Gasteiger partial charge < -0.3 is 15.4 Å². The summed E-state index contributed by atoms with van der Waals surface area (Å²) in [4.78, 5) is 15.1. The second-order valence-corrected chi connectivity index (χ2v) is 9.49. The summed E-state index contributed by atoms with van der Waals surface area (Å²) >= 11 is 5.98. The number of ether oxygens (including phenoxy) is 1. The number of amides is 2. The molecule has 34 heavy (non-hydrogen) atoms. The first kappa shape index (κ1) is 24.7. The Balaban J connectivity index is 1.29. The molecule has 2 aliphatic rings. The van der Waals surface area contributed by atoms with Crippen molar-refractivity contribution in [1.82, 2.24) is 10.2 Å². The highest BCUT2D eigenvalue weighted by molar-refractivity contribution is 6.30. The van der Waals surface area contributed by atoms with Gasteiger partial charge in [0.05, 0.1) is 5.69 Å². The Hall–Kier alpha value is -2.45. The molecule has 2 aromatic rings. The lowest BCUT2D eigenvalue weighted by atomic mass is 9.89. The van der Waals surface area contributed by atoms with Crippen LogP contribution in [0.5, 0.6) is 5.75 Å². The van der Waals surface area contributed by atoms with Crippen LogP contribution in [-0.2, 0) is 6.42 Å². The zero-order valence-electron chi connectivity index (χ0n) is 18.8. The molecule has 1 saturated heterocycles. The molecule has 184 valence electrons. The van der Waals surface area contributed by atoms with Crippen LogP contribution in [0.25, 0.3) is 0 Å². The van der Waals surface area contributed by atoms with Crippen molar-refractivity contribution in [3.8, 4) is 5.75 Å². The topological polar surface area (TPSA) is 53.6 Å². The van der Waals surface area contributed by atoms with Crippen molar-refractivity contribution in [2.75, 3.05) is 18.4 Å². The van der Waals surface area contributed by atoms with Crippen molar-refractivity contribution in [3.05, 3.63) is 59.1 Å². The number of hydrogen-bond donors (Lipinski definition) is 2. The Bertz CT molecular complexity index is 963. The van der Waals surface area contributed by atoms with E-state index in [0.29, 0.717) is 5.92 Å². The van der Waals surface area contributed by atoms with Crippen LogP contribution in [0.1, 0.15) is 37.7 Å². The number of alkyl halides is 3. The zero-order valence-corrected chi connectivity index (χ0v) is 19.5. The smallest absolute Gasteiger partial charge is 0.404 e. The van der Waals surface area contributed by atoms with Crippen molar-refractivity contribution in [3.63, 3.8) is 0 Å². The van der Waals surface area contributed by atoms with Gasteiger partial charge in [-0.25, -0.2) is 4.79 Å². The lowest BCUT2D eigenvalue weighted by Gasteiger charge is -2.38. The number of carbonyl (C=O) groups excluding carboxylic acids is 1. The summed E-state index contributed by atoms with van der Waals surface area (Å²) in [7, 11) is 0. The van der Waals surface area contributed by atoms with E-state index in [1.165, 1.54) is 23.8 Å². The number of piperidine rings is 1. The van der Waals surface area contributed by atoms with Gasteiger partial charge in [-0.15, -0.1) is 13.2 Å². The van der Waals surface area contributed by atoms with Gasteiger partial charge in [0, 0.05) is 17.1 Å². The molecule has 1 aliphatic heterocycles. The Morgan fingerprint density at radius 2 is 1.74 bits per heavy atom. The van der Waals surface area contributed by atoms with Crippen molar-refractivity contribution in [2.24, 2.45) is 5.92 Å². The lowest BCUT2D eigenvalue weighted by molar-refractivity contribution is -0.274. The number of halogens is 4. The Labute approximate surface area is 202 Å². The maximum Gasteiger partial charge on any atom is 0.573 e. The van der Waals surface area contributed by atoms with Gasteiger partial charge in [-0.1, -0.05) is 35.9 Å². The van der Waals surface area contributed by atoms with E-state index in [-0.39, 0.29) is 17.8 Å². The number of anilines is 1. The third-order valence-electron chi connectivity index (χ3n) is 6.71. The van der Waals surface area contributed by atoms with Crippen LogP contribution in [0.2, 0.25) is 5.02 Å². The number of rotatable bonds is 6. The van der Waals surface area contributed by atoms with Gasteiger partial charge >= 0.3 is 12.4 Å². The number of hydrogen-bond acceptors (Lipinski definition) is 3. The summed E-state index contributed by atoms with van der Waals surface area (Å²) in [6.45, 7) is 1.95. The molecular formula is C25H29ClF3N3O2. The number of urea groups is 1. The SMILES string of the molecule is O=C(Nc1ccccc1OC(F)(F)F)N[C@@H]1CCC[C@H]1N1CCC(Cc2ccc(Cl)cc2)CC1. The molecule has 0 bridgehead atoms. The molecule has 0 radical (unpaired) electrons. The molecule has 1 heterocycles. The van der Waals surface area contributed by atoms with E-state index in [0.717, 1.165) is 56.6 Å². The fourth-order valence-electron chi connectivity index (χ4n) is 5.10. The Kier molecular flexibility index (Phi) is 7.88. The number of nitrogens with one attached hydrogen (secondary N) is 2. The Morgan fingerprint density at radius 3 is 2.44 bits per heavy atom. The molecule has 1 saturated carbocycles. The highest BCUT2D eigenvalue weighted by Crippen LogP contribution is 2.32. The number of likely N-dealkylation sites (tertiary alicyclic amines) is 1. The molecule has 1 aliphatic carbocycles. The first-order valence-electron chi connectivity index (χ1n) is 11.7. The van der Waals surface area contributed by atoms with Crippen molar-refractivity contribution in [2.45, 2.75) is 57.0 Å². The highest BCUT2D eigenvalue weighted by Gasteiger charge is 2.35. The molecule has 2 N–H and O–H groups in total. The van der Waals surface area contributed by atoms with E-state index < -0.39 is 18.1 Å². The quantitative estimate of drug-likeness (QED) is 0.499. The van der Waals surface area contributed by atoms with E-state index >= 15 is 0 Å². The van der Waals surface area contributed by atoms with Crippen LogP contribution >= 0.6 is 11.6 Å². The van der Waals surface area contributed by atoms with Gasteiger partial charge in [-0.2, -0.15) is 0 Å². The van der Waals surface area contributed by atoms with Gasteiger partial charge in [0.2, 0.25) is 0 Å². The predicted molar refractivity (Wildman–Crippen MR) is 126 cm³/mol. The summed E-state index contributed by atoms with van der Waals surface area (Å²) in [6.07, 6.45) is 1.27. The lowest BCUT2D eigenvalue weighted by Crippen LogP contribution is -2.52. The molecule has 2 fully saturated rings. The monoisotopic (exact) mass is 495 g/mol. The molecule has 0 spiro atoms. The van der Waals surface area contributed by atoms with Gasteiger partial charge in [-0.3, -0.25) is 4.90 Å². The minimum Gasteiger partial charge on any atom is -0.404 e. The number of para-hydroxylation sites is 2. The first-order valence-corrected chi connectivity index (χ1v) is 12.1. The standard InChI is InChI=1S/C25H29ClF3N3O2/c26-19-10-8-17(9-11-19)16-18-12-14-32(15-13-18)22-6-3-5-20(22)30-24(33)31-21-4-1-2-7-23(21)34-25(27,28)29/h1-2,4,7-11,18,20,22H,3,5-6,12-16H2,(H2,30,31,33)/t20-,22-/m1/s1. The van der Waals surface area contributed by atoms with E-state index in [9.17, 15) is 18.0 Å². The third kappa shape index (κ3) is 6.79.